The molecule has 1 aromatic rings. The summed E-state index contributed by atoms with van der Waals surface area (Å²) in [6.07, 6.45) is 2.24. The number of Topliss-reactive ketones (excluding diaryl/α,β-unsaturated/α-hetero) is 1. The van der Waals surface area contributed by atoms with E-state index in [1.54, 1.807) is 6.07 Å². The molecule has 0 radical (unpaired) electrons. The Hall–Kier alpha value is -1.85. The van der Waals surface area contributed by atoms with E-state index >= 15 is 0 Å². The molecule has 0 unspecified atom stereocenters. The maximum Gasteiger partial charge on any atom is 0.163 e. The zero-order valence-corrected chi connectivity index (χ0v) is 18.6. The van der Waals surface area contributed by atoms with Crippen molar-refractivity contribution in [2.45, 2.75) is 20.3 Å². The lowest BCUT2D eigenvalue weighted by molar-refractivity contribution is -0.116. The quantitative estimate of drug-likeness (QED) is 0.506. The number of halogens is 2. The van der Waals surface area contributed by atoms with E-state index in [9.17, 15) is 4.79 Å². The normalized spacial score (nSPS) is 14.6. The molecule has 1 aromatic carbocycles. The summed E-state index contributed by atoms with van der Waals surface area (Å²) < 4.78 is 10.6. The van der Waals surface area contributed by atoms with Gasteiger partial charge in [-0.1, -0.05) is 37.0 Å². The third-order valence-electron chi connectivity index (χ3n) is 3.61. The summed E-state index contributed by atoms with van der Waals surface area (Å²) in [4.78, 5) is 15.9. The lowest BCUT2D eigenvalue weighted by Gasteiger charge is -2.32. The molecule has 1 saturated heterocycles. The van der Waals surface area contributed by atoms with E-state index < -0.39 is 0 Å². The predicted octanol–water partition coefficient (Wildman–Crippen LogP) is 5.06. The Morgan fingerprint density at radius 1 is 1.11 bits per heavy atom. The van der Waals surface area contributed by atoms with E-state index in [-0.39, 0.29) is 5.78 Å². The first kappa shape index (κ1) is 25.1. The molecular weight excluding hydrogens is 387 g/mol. The molecule has 27 heavy (non-hydrogen) atoms. The van der Waals surface area contributed by atoms with Crippen molar-refractivity contribution in [2.75, 3.05) is 46.3 Å². The van der Waals surface area contributed by atoms with E-state index in [1.807, 2.05) is 43.9 Å². The SMILES string of the molecule is C=C.CC.COc1cc(OC)c(Cl)c(N2CCC(=O)/C(=C\N(C)C)C2)c1Cl. The molecule has 0 aromatic heterocycles. The molecule has 0 spiro atoms. The molecule has 1 fully saturated rings. The Balaban J connectivity index is 0.00000158. The van der Waals surface area contributed by atoms with Crippen LogP contribution in [-0.2, 0) is 4.79 Å². The van der Waals surface area contributed by atoms with Gasteiger partial charge in [-0.25, -0.2) is 0 Å². The molecule has 0 saturated carbocycles. The van der Waals surface area contributed by atoms with Crippen molar-refractivity contribution < 1.29 is 14.3 Å². The first-order valence-corrected chi connectivity index (χ1v) is 9.39. The first-order chi connectivity index (χ1) is 12.9. The molecule has 0 atom stereocenters. The molecule has 2 rings (SSSR count). The summed E-state index contributed by atoms with van der Waals surface area (Å²) >= 11 is 12.9. The maximum atomic E-state index is 12.1. The fourth-order valence-corrected chi connectivity index (χ4v) is 3.28. The van der Waals surface area contributed by atoms with Gasteiger partial charge in [0.2, 0.25) is 0 Å². The van der Waals surface area contributed by atoms with Crippen LogP contribution in [0.4, 0.5) is 5.69 Å². The zero-order valence-electron chi connectivity index (χ0n) is 17.1. The van der Waals surface area contributed by atoms with Gasteiger partial charge in [-0.2, -0.15) is 0 Å². The lowest BCUT2D eigenvalue weighted by atomic mass is 10.0. The number of piperidine rings is 1. The number of rotatable bonds is 4. The molecule has 152 valence electrons. The van der Waals surface area contributed by atoms with E-state index in [0.717, 1.165) is 5.57 Å². The van der Waals surface area contributed by atoms with Crippen molar-refractivity contribution in [3.63, 3.8) is 0 Å². The minimum atomic E-state index is 0.136. The number of ether oxygens (including phenoxy) is 2. The van der Waals surface area contributed by atoms with Crippen LogP contribution in [0.1, 0.15) is 20.3 Å². The topological polar surface area (TPSA) is 42.0 Å². The second kappa shape index (κ2) is 12.5. The lowest BCUT2D eigenvalue weighted by Crippen LogP contribution is -2.36. The molecule has 0 aliphatic carbocycles. The van der Waals surface area contributed by atoms with E-state index in [1.165, 1.54) is 14.2 Å². The fourth-order valence-electron chi connectivity index (χ4n) is 2.54. The molecule has 0 N–H and O–H groups in total. The summed E-state index contributed by atoms with van der Waals surface area (Å²) in [5.41, 5.74) is 1.34. The van der Waals surface area contributed by atoms with Gasteiger partial charge in [-0.05, 0) is 0 Å². The van der Waals surface area contributed by atoms with E-state index in [0.29, 0.717) is 46.7 Å². The van der Waals surface area contributed by atoms with Crippen LogP contribution in [0.5, 0.6) is 11.5 Å². The van der Waals surface area contributed by atoms with Gasteiger partial charge in [-0.15, -0.1) is 13.2 Å². The Labute approximate surface area is 173 Å². The fraction of sp³-hybridized carbons (Fsp3) is 0.450. The number of hydrogen-bond donors (Lipinski definition) is 0. The van der Waals surface area contributed by atoms with Crippen LogP contribution in [0, 0.1) is 0 Å². The number of methoxy groups -OCH3 is 2. The van der Waals surface area contributed by atoms with Crippen LogP contribution in [0.25, 0.3) is 0 Å². The van der Waals surface area contributed by atoms with Gasteiger partial charge in [0, 0.05) is 51.4 Å². The highest BCUT2D eigenvalue weighted by atomic mass is 35.5. The van der Waals surface area contributed by atoms with Crippen molar-refractivity contribution in [1.29, 1.82) is 0 Å². The Bertz CT molecular complexity index is 633. The number of nitrogens with zero attached hydrogens (tertiary/aromatic N) is 2. The van der Waals surface area contributed by atoms with Crippen molar-refractivity contribution >= 4 is 34.7 Å². The molecule has 7 heteroatoms. The van der Waals surface area contributed by atoms with Crippen LogP contribution in [-0.4, -0.2) is 52.1 Å². The first-order valence-electron chi connectivity index (χ1n) is 8.64. The van der Waals surface area contributed by atoms with Crippen LogP contribution >= 0.6 is 23.2 Å². The van der Waals surface area contributed by atoms with Gasteiger partial charge >= 0.3 is 0 Å². The number of carbonyl (C=O) groups excluding carboxylic acids is 1. The predicted molar refractivity (Wildman–Crippen MR) is 116 cm³/mol. The van der Waals surface area contributed by atoms with Gasteiger partial charge in [0.1, 0.15) is 21.5 Å². The van der Waals surface area contributed by atoms with E-state index in [2.05, 4.69) is 13.2 Å². The van der Waals surface area contributed by atoms with Crippen molar-refractivity contribution in [3.05, 3.63) is 41.0 Å². The van der Waals surface area contributed by atoms with Crippen molar-refractivity contribution in [2.24, 2.45) is 0 Å². The smallest absolute Gasteiger partial charge is 0.163 e. The maximum absolute atomic E-state index is 12.1. The molecule has 0 amide bonds. The average Bonchev–Trinajstić information content (AvgIpc) is 2.67. The summed E-state index contributed by atoms with van der Waals surface area (Å²) in [5.74, 6) is 1.10. The summed E-state index contributed by atoms with van der Waals surface area (Å²) in [5, 5.41) is 0.828. The minimum Gasteiger partial charge on any atom is -0.495 e. The Morgan fingerprint density at radius 3 is 2.00 bits per heavy atom. The number of hydrogen-bond acceptors (Lipinski definition) is 5. The molecular formula is C20H30Cl2N2O3. The second-order valence-electron chi connectivity index (χ2n) is 5.47. The highest BCUT2D eigenvalue weighted by molar-refractivity contribution is 6.41. The summed E-state index contributed by atoms with van der Waals surface area (Å²) in [7, 11) is 6.84. The van der Waals surface area contributed by atoms with Gasteiger partial charge in [0.15, 0.2) is 5.78 Å². The summed E-state index contributed by atoms with van der Waals surface area (Å²) in [6.45, 7) is 11.0. The zero-order chi connectivity index (χ0) is 21.1. The minimum absolute atomic E-state index is 0.136. The van der Waals surface area contributed by atoms with Crippen LogP contribution in [0.3, 0.4) is 0 Å². The number of benzene rings is 1. The highest BCUT2D eigenvalue weighted by Crippen LogP contribution is 2.46. The molecule has 5 nitrogen and oxygen atoms in total. The summed E-state index contributed by atoms with van der Waals surface area (Å²) in [6, 6.07) is 1.65. The Morgan fingerprint density at radius 2 is 1.59 bits per heavy atom. The number of carbonyl (C=O) groups is 1. The van der Waals surface area contributed by atoms with Gasteiger partial charge in [0.05, 0.1) is 19.9 Å². The van der Waals surface area contributed by atoms with Crippen LogP contribution in [0.15, 0.2) is 31.0 Å². The van der Waals surface area contributed by atoms with Gasteiger partial charge in [0.25, 0.3) is 0 Å². The highest BCUT2D eigenvalue weighted by Gasteiger charge is 2.28. The second-order valence-corrected chi connectivity index (χ2v) is 6.23. The molecule has 0 bridgehead atoms. The number of anilines is 1. The monoisotopic (exact) mass is 416 g/mol. The Kier molecular flexibility index (Phi) is 11.7. The largest absolute Gasteiger partial charge is 0.495 e. The molecule has 1 aliphatic rings. The van der Waals surface area contributed by atoms with Crippen LogP contribution in [0.2, 0.25) is 10.0 Å². The number of ketones is 1. The third-order valence-corrected chi connectivity index (χ3v) is 4.34. The standard InChI is InChI=1S/C16H20Cl2N2O3.C2H6.C2H4/c1-19(2)8-10-9-20(6-5-11(10)21)16-14(17)12(22-3)7-13(23-4)15(16)18;2*1-2/h7-8H,5-6,9H2,1-4H3;1-2H3;1-2H2/b10-8-;;. The third kappa shape index (κ3) is 6.36. The van der Waals surface area contributed by atoms with Gasteiger partial charge < -0.3 is 19.3 Å². The van der Waals surface area contributed by atoms with E-state index in [4.69, 9.17) is 32.7 Å². The molecule has 1 aliphatic heterocycles. The van der Waals surface area contributed by atoms with Crippen LogP contribution < -0.4 is 14.4 Å². The average molecular weight is 417 g/mol. The van der Waals surface area contributed by atoms with Gasteiger partial charge in [-0.3, -0.25) is 4.79 Å². The molecule has 1 heterocycles. The van der Waals surface area contributed by atoms with Crippen molar-refractivity contribution in [1.82, 2.24) is 4.90 Å². The van der Waals surface area contributed by atoms with Crippen molar-refractivity contribution in [3.8, 4) is 11.5 Å².